The number of rotatable bonds is 4. The van der Waals surface area contributed by atoms with Crippen LogP contribution in [0.1, 0.15) is 24.3 Å². The smallest absolute Gasteiger partial charge is 0.0948 e. The fourth-order valence-corrected chi connectivity index (χ4v) is 4.87. The van der Waals surface area contributed by atoms with Gasteiger partial charge in [-0.2, -0.15) is 0 Å². The van der Waals surface area contributed by atoms with Crippen molar-refractivity contribution >= 4 is 11.3 Å². The van der Waals surface area contributed by atoms with E-state index in [-0.39, 0.29) is 0 Å². The minimum Gasteiger partial charge on any atom is -0.327 e. The highest BCUT2D eigenvalue weighted by atomic mass is 32.1. The summed E-state index contributed by atoms with van der Waals surface area (Å²) in [6.07, 6.45) is 5.20. The monoisotopic (exact) mass is 284 g/mol. The quantitative estimate of drug-likeness (QED) is 0.929. The van der Waals surface area contributed by atoms with Crippen LogP contribution in [0.3, 0.4) is 0 Å². The van der Waals surface area contributed by atoms with Crippen molar-refractivity contribution in [2.75, 3.05) is 0 Å². The molecule has 2 aromatic rings. The molecular weight excluding hydrogens is 264 g/mol. The van der Waals surface area contributed by atoms with Crippen molar-refractivity contribution in [2.45, 2.75) is 31.7 Å². The molecule has 3 unspecified atom stereocenters. The summed E-state index contributed by atoms with van der Waals surface area (Å²) in [5.41, 5.74) is 8.71. The molecular formula is C17H20N2S. The Morgan fingerprint density at radius 1 is 1.20 bits per heavy atom. The van der Waals surface area contributed by atoms with Gasteiger partial charge >= 0.3 is 0 Å². The van der Waals surface area contributed by atoms with E-state index in [0.29, 0.717) is 6.04 Å². The van der Waals surface area contributed by atoms with Crippen molar-refractivity contribution in [3.05, 3.63) is 40.7 Å². The fourth-order valence-electron chi connectivity index (χ4n) is 4.00. The van der Waals surface area contributed by atoms with Gasteiger partial charge in [-0.05, 0) is 30.6 Å². The van der Waals surface area contributed by atoms with Crippen molar-refractivity contribution < 1.29 is 0 Å². The topological polar surface area (TPSA) is 38.9 Å². The van der Waals surface area contributed by atoms with Crippen LogP contribution >= 0.6 is 11.3 Å². The Labute approximate surface area is 124 Å². The van der Waals surface area contributed by atoms with E-state index in [0.717, 1.165) is 29.9 Å². The van der Waals surface area contributed by atoms with Crippen molar-refractivity contribution in [3.8, 4) is 11.3 Å². The van der Waals surface area contributed by atoms with Gasteiger partial charge in [0.1, 0.15) is 0 Å². The largest absolute Gasteiger partial charge is 0.327 e. The number of hydrogen-bond acceptors (Lipinski definition) is 3. The van der Waals surface area contributed by atoms with Crippen LogP contribution in [0.2, 0.25) is 0 Å². The van der Waals surface area contributed by atoms with Crippen molar-refractivity contribution in [1.82, 2.24) is 4.98 Å². The molecule has 2 N–H and O–H groups in total. The molecule has 0 radical (unpaired) electrons. The highest BCUT2D eigenvalue weighted by Gasteiger charge is 2.54. The van der Waals surface area contributed by atoms with E-state index in [1.54, 1.807) is 11.3 Å². The maximum Gasteiger partial charge on any atom is 0.0948 e. The molecule has 0 saturated heterocycles. The van der Waals surface area contributed by atoms with Gasteiger partial charge in [0.05, 0.1) is 10.7 Å². The normalized spacial score (nSPS) is 29.1. The van der Waals surface area contributed by atoms with Crippen LogP contribution in [0.15, 0.2) is 35.7 Å². The molecule has 20 heavy (non-hydrogen) atoms. The summed E-state index contributed by atoms with van der Waals surface area (Å²) in [7, 11) is 0. The number of thiazole rings is 1. The molecule has 4 rings (SSSR count). The number of hydrogen-bond donors (Lipinski definition) is 1. The third kappa shape index (κ3) is 2.19. The summed E-state index contributed by atoms with van der Waals surface area (Å²) in [5, 5.41) is 3.35. The predicted octanol–water partition coefficient (Wildman–Crippen LogP) is 3.73. The number of benzene rings is 1. The van der Waals surface area contributed by atoms with Gasteiger partial charge in [-0.1, -0.05) is 36.8 Å². The lowest BCUT2D eigenvalue weighted by Crippen LogP contribution is -2.27. The van der Waals surface area contributed by atoms with Gasteiger partial charge in [0.15, 0.2) is 0 Å². The number of fused-ring (bicyclic) bond motifs is 1. The van der Waals surface area contributed by atoms with E-state index in [4.69, 9.17) is 10.7 Å². The highest BCUT2D eigenvalue weighted by Crippen LogP contribution is 2.58. The molecule has 2 aliphatic carbocycles. The molecule has 1 heterocycles. The van der Waals surface area contributed by atoms with Gasteiger partial charge in [0, 0.05) is 23.4 Å². The van der Waals surface area contributed by atoms with Crippen LogP contribution in [-0.2, 0) is 6.42 Å². The van der Waals surface area contributed by atoms with Crippen LogP contribution in [0, 0.1) is 17.8 Å². The number of nitrogens with two attached hydrogens (primary N) is 1. The Bertz CT molecular complexity index is 582. The molecule has 2 aliphatic rings. The second-order valence-corrected chi connectivity index (χ2v) is 7.14. The second kappa shape index (κ2) is 4.97. The third-order valence-corrected chi connectivity index (χ3v) is 5.87. The maximum atomic E-state index is 6.42. The van der Waals surface area contributed by atoms with E-state index in [9.17, 15) is 0 Å². The molecule has 1 aromatic heterocycles. The van der Waals surface area contributed by atoms with Gasteiger partial charge in [-0.3, -0.25) is 0 Å². The van der Waals surface area contributed by atoms with E-state index in [1.807, 2.05) is 6.07 Å². The second-order valence-electron chi connectivity index (χ2n) is 6.20. The van der Waals surface area contributed by atoms with E-state index in [1.165, 1.54) is 29.8 Å². The van der Waals surface area contributed by atoms with Gasteiger partial charge in [-0.25, -0.2) is 4.98 Å². The zero-order valence-corrected chi connectivity index (χ0v) is 12.4. The lowest BCUT2D eigenvalue weighted by molar-refractivity contribution is 0.483. The lowest BCUT2D eigenvalue weighted by Gasteiger charge is -2.11. The molecule has 2 nitrogen and oxygen atoms in total. The average molecular weight is 284 g/mol. The molecule has 104 valence electrons. The standard InChI is InChI=1S/C17H20N2S/c18-14(17-12-7-4-8-13(12)17)9-16-19-15(10-20-16)11-5-2-1-3-6-11/h1-3,5-6,10,12-14,17H,4,7-9,18H2. The Hall–Kier alpha value is -1.19. The maximum absolute atomic E-state index is 6.42. The zero-order chi connectivity index (χ0) is 13.5. The first kappa shape index (κ1) is 12.5. The molecule has 0 amide bonds. The van der Waals surface area contributed by atoms with Crippen LogP contribution in [0.4, 0.5) is 0 Å². The van der Waals surface area contributed by atoms with Gasteiger partial charge in [0.25, 0.3) is 0 Å². The predicted molar refractivity (Wildman–Crippen MR) is 83.6 cm³/mol. The summed E-state index contributed by atoms with van der Waals surface area (Å²) in [5.74, 6) is 2.67. The minimum atomic E-state index is 0.320. The molecule has 2 saturated carbocycles. The fraction of sp³-hybridized carbons (Fsp3) is 0.471. The van der Waals surface area contributed by atoms with Crippen LogP contribution < -0.4 is 5.73 Å². The summed E-state index contributed by atoms with van der Waals surface area (Å²) in [6, 6.07) is 10.7. The summed E-state index contributed by atoms with van der Waals surface area (Å²) in [6.45, 7) is 0. The third-order valence-electron chi connectivity index (χ3n) is 5.00. The number of aromatic nitrogens is 1. The molecule has 3 heteroatoms. The Morgan fingerprint density at radius 3 is 2.70 bits per heavy atom. The first-order valence-corrected chi connectivity index (χ1v) is 8.46. The molecule has 3 atom stereocenters. The van der Waals surface area contributed by atoms with E-state index in [2.05, 4.69) is 29.6 Å². The Kier molecular flexibility index (Phi) is 3.12. The van der Waals surface area contributed by atoms with Crippen LogP contribution in [0.25, 0.3) is 11.3 Å². The minimum absolute atomic E-state index is 0.320. The van der Waals surface area contributed by atoms with Gasteiger partial charge in [0.2, 0.25) is 0 Å². The Balaban J connectivity index is 1.44. The SMILES string of the molecule is NC(Cc1nc(-c2ccccc2)cs1)C1C2CCCC21. The molecule has 1 aromatic carbocycles. The Morgan fingerprint density at radius 2 is 1.95 bits per heavy atom. The first-order valence-electron chi connectivity index (χ1n) is 7.58. The van der Waals surface area contributed by atoms with Crippen molar-refractivity contribution in [1.29, 1.82) is 0 Å². The summed E-state index contributed by atoms with van der Waals surface area (Å²) < 4.78 is 0. The van der Waals surface area contributed by atoms with E-state index < -0.39 is 0 Å². The molecule has 2 fully saturated rings. The zero-order valence-electron chi connectivity index (χ0n) is 11.5. The van der Waals surface area contributed by atoms with Crippen LogP contribution in [-0.4, -0.2) is 11.0 Å². The van der Waals surface area contributed by atoms with Gasteiger partial charge < -0.3 is 5.73 Å². The van der Waals surface area contributed by atoms with Crippen molar-refractivity contribution in [2.24, 2.45) is 23.5 Å². The summed E-state index contributed by atoms with van der Waals surface area (Å²) in [4.78, 5) is 4.76. The van der Waals surface area contributed by atoms with E-state index >= 15 is 0 Å². The first-order chi connectivity index (χ1) is 9.83. The number of nitrogens with zero attached hydrogens (tertiary/aromatic N) is 1. The lowest BCUT2D eigenvalue weighted by atomic mass is 10.0. The molecule has 0 aliphatic heterocycles. The molecule has 0 bridgehead atoms. The highest BCUT2D eigenvalue weighted by molar-refractivity contribution is 7.09. The average Bonchev–Trinajstić information content (AvgIpc) is 2.85. The van der Waals surface area contributed by atoms with Gasteiger partial charge in [-0.15, -0.1) is 11.3 Å². The summed E-state index contributed by atoms with van der Waals surface area (Å²) >= 11 is 1.75. The van der Waals surface area contributed by atoms with Crippen LogP contribution in [0.5, 0.6) is 0 Å². The van der Waals surface area contributed by atoms with Crippen molar-refractivity contribution in [3.63, 3.8) is 0 Å². The molecule has 0 spiro atoms.